The molecule has 17 heavy (non-hydrogen) atoms. The minimum absolute atomic E-state index is 0.142. The Morgan fingerprint density at radius 2 is 2.59 bits per heavy atom. The van der Waals surface area contributed by atoms with Gasteiger partial charge in [-0.2, -0.15) is 11.8 Å². The van der Waals surface area contributed by atoms with Crippen LogP contribution in [0.1, 0.15) is 5.69 Å². The molecular formula is C11H12N2O2S2. The van der Waals surface area contributed by atoms with Crippen LogP contribution in [0.2, 0.25) is 0 Å². The van der Waals surface area contributed by atoms with Crippen LogP contribution in [-0.4, -0.2) is 39.4 Å². The maximum atomic E-state index is 12.0. The van der Waals surface area contributed by atoms with E-state index in [0.717, 1.165) is 22.2 Å². The molecule has 0 bridgehead atoms. The molecule has 90 valence electrons. The highest BCUT2D eigenvalue weighted by molar-refractivity contribution is 7.99. The highest BCUT2D eigenvalue weighted by Crippen LogP contribution is 2.16. The zero-order valence-electron chi connectivity index (χ0n) is 9.17. The summed E-state index contributed by atoms with van der Waals surface area (Å²) >= 11 is 3.36. The van der Waals surface area contributed by atoms with Gasteiger partial charge in [0.05, 0.1) is 18.7 Å². The summed E-state index contributed by atoms with van der Waals surface area (Å²) in [4.78, 5) is 17.3. The molecule has 0 amide bonds. The minimum atomic E-state index is -0.242. The molecule has 2 aromatic rings. The van der Waals surface area contributed by atoms with Crippen LogP contribution in [0.15, 0.2) is 17.8 Å². The van der Waals surface area contributed by atoms with E-state index in [4.69, 9.17) is 4.74 Å². The van der Waals surface area contributed by atoms with Crippen molar-refractivity contribution in [2.24, 2.45) is 0 Å². The Morgan fingerprint density at radius 1 is 1.65 bits per heavy atom. The van der Waals surface area contributed by atoms with Crippen molar-refractivity contribution in [1.29, 1.82) is 0 Å². The summed E-state index contributed by atoms with van der Waals surface area (Å²) in [6.07, 6.45) is 4.00. The van der Waals surface area contributed by atoms with E-state index < -0.39 is 0 Å². The Balaban J connectivity index is 1.69. The molecular weight excluding hydrogens is 256 g/mol. The van der Waals surface area contributed by atoms with Crippen molar-refractivity contribution in [3.8, 4) is 0 Å². The van der Waals surface area contributed by atoms with E-state index in [1.165, 1.54) is 0 Å². The maximum absolute atomic E-state index is 12.0. The highest BCUT2D eigenvalue weighted by Gasteiger charge is 2.23. The topological polar surface area (TPSA) is 43.6 Å². The van der Waals surface area contributed by atoms with E-state index in [2.05, 4.69) is 4.98 Å². The number of nitrogens with zero attached hydrogens (tertiary/aromatic N) is 2. The molecule has 2 aromatic heterocycles. The average Bonchev–Trinajstić information content (AvgIpc) is 2.90. The van der Waals surface area contributed by atoms with E-state index in [1.807, 2.05) is 22.2 Å². The molecule has 0 saturated carbocycles. The number of Topliss-reactive ketones (excluding diaryl/α,β-unsaturated/α-hetero) is 1. The lowest BCUT2D eigenvalue weighted by atomic mass is 10.1. The Hall–Kier alpha value is -0.850. The average molecular weight is 268 g/mol. The second kappa shape index (κ2) is 4.80. The normalized spacial score (nSPS) is 20.8. The first-order chi connectivity index (χ1) is 8.33. The number of carbonyl (C=O) groups excluding carboxylic acids is 1. The van der Waals surface area contributed by atoms with E-state index in [1.54, 1.807) is 23.1 Å². The molecule has 6 heteroatoms. The number of hydrogen-bond donors (Lipinski definition) is 0. The predicted molar refractivity (Wildman–Crippen MR) is 68.8 cm³/mol. The molecule has 1 saturated heterocycles. The first-order valence-electron chi connectivity index (χ1n) is 5.46. The fourth-order valence-corrected chi connectivity index (χ4v) is 3.42. The molecule has 1 unspecified atom stereocenters. The van der Waals surface area contributed by atoms with Crippen molar-refractivity contribution in [1.82, 2.24) is 9.38 Å². The van der Waals surface area contributed by atoms with Gasteiger partial charge in [-0.05, 0) is 0 Å². The number of fused-ring (bicyclic) bond motifs is 1. The van der Waals surface area contributed by atoms with Crippen molar-refractivity contribution in [2.45, 2.75) is 12.5 Å². The van der Waals surface area contributed by atoms with Gasteiger partial charge in [-0.1, -0.05) is 0 Å². The highest BCUT2D eigenvalue weighted by atomic mass is 32.2. The van der Waals surface area contributed by atoms with Crippen molar-refractivity contribution in [3.63, 3.8) is 0 Å². The number of aromatic nitrogens is 2. The molecule has 4 nitrogen and oxygen atoms in total. The largest absolute Gasteiger partial charge is 0.369 e. The van der Waals surface area contributed by atoms with Crippen molar-refractivity contribution in [2.75, 3.05) is 18.1 Å². The third-order valence-electron chi connectivity index (χ3n) is 2.67. The zero-order valence-corrected chi connectivity index (χ0v) is 10.8. The lowest BCUT2D eigenvalue weighted by molar-refractivity contribution is -0.128. The molecule has 1 atom stereocenters. The standard InChI is InChI=1S/C11H12N2O2S2/c14-9(10-7-16-4-2-15-10)5-8-6-13-1-3-17-11(13)12-8/h1,3,6,10H,2,4-5,7H2. The summed E-state index contributed by atoms with van der Waals surface area (Å²) in [7, 11) is 0. The molecule has 1 aliphatic rings. The summed E-state index contributed by atoms with van der Waals surface area (Å²) in [6.45, 7) is 0.680. The molecule has 1 fully saturated rings. The molecule has 0 spiro atoms. The quantitative estimate of drug-likeness (QED) is 0.849. The Morgan fingerprint density at radius 3 is 3.35 bits per heavy atom. The van der Waals surface area contributed by atoms with E-state index in [-0.39, 0.29) is 11.9 Å². The van der Waals surface area contributed by atoms with Gasteiger partial charge in [0.1, 0.15) is 6.10 Å². The van der Waals surface area contributed by atoms with Gasteiger partial charge < -0.3 is 4.74 Å². The zero-order chi connectivity index (χ0) is 11.7. The number of thiazole rings is 1. The van der Waals surface area contributed by atoms with Crippen molar-refractivity contribution >= 4 is 33.8 Å². The van der Waals surface area contributed by atoms with Gasteiger partial charge in [-0.3, -0.25) is 9.20 Å². The maximum Gasteiger partial charge on any atom is 0.193 e. The van der Waals surface area contributed by atoms with Gasteiger partial charge in [-0.25, -0.2) is 4.98 Å². The predicted octanol–water partition coefficient (Wildman–Crippen LogP) is 1.64. The monoisotopic (exact) mass is 268 g/mol. The number of ketones is 1. The van der Waals surface area contributed by atoms with Crippen LogP contribution in [0.4, 0.5) is 0 Å². The van der Waals surface area contributed by atoms with Gasteiger partial charge in [0.2, 0.25) is 0 Å². The fraction of sp³-hybridized carbons (Fsp3) is 0.455. The van der Waals surface area contributed by atoms with Gasteiger partial charge >= 0.3 is 0 Å². The molecule has 0 aromatic carbocycles. The first kappa shape index (κ1) is 11.3. The second-order valence-electron chi connectivity index (χ2n) is 3.90. The lowest BCUT2D eigenvalue weighted by Crippen LogP contribution is -2.32. The van der Waals surface area contributed by atoms with Crippen LogP contribution >= 0.6 is 23.1 Å². The molecule has 3 heterocycles. The molecule has 0 N–H and O–H groups in total. The summed E-state index contributed by atoms with van der Waals surface area (Å²) < 4.78 is 7.41. The number of ether oxygens (including phenoxy) is 1. The van der Waals surface area contributed by atoms with Gasteiger partial charge in [0, 0.05) is 29.3 Å². The summed E-state index contributed by atoms with van der Waals surface area (Å²) in [5.41, 5.74) is 0.834. The van der Waals surface area contributed by atoms with Crippen LogP contribution in [0.3, 0.4) is 0 Å². The number of imidazole rings is 1. The minimum Gasteiger partial charge on any atom is -0.369 e. The molecule has 0 radical (unpaired) electrons. The van der Waals surface area contributed by atoms with Crippen molar-refractivity contribution < 1.29 is 9.53 Å². The van der Waals surface area contributed by atoms with Gasteiger partial charge in [-0.15, -0.1) is 11.3 Å². The van der Waals surface area contributed by atoms with Gasteiger partial charge in [0.25, 0.3) is 0 Å². The summed E-state index contributed by atoms with van der Waals surface area (Å²) in [5, 5.41) is 1.98. The smallest absolute Gasteiger partial charge is 0.193 e. The van der Waals surface area contributed by atoms with E-state index >= 15 is 0 Å². The Labute approximate surface area is 107 Å². The second-order valence-corrected chi connectivity index (χ2v) is 5.93. The Kier molecular flexibility index (Phi) is 3.17. The summed E-state index contributed by atoms with van der Waals surface area (Å²) in [6, 6.07) is 0. The van der Waals surface area contributed by atoms with E-state index in [0.29, 0.717) is 13.0 Å². The van der Waals surface area contributed by atoms with E-state index in [9.17, 15) is 4.79 Å². The lowest BCUT2D eigenvalue weighted by Gasteiger charge is -2.20. The fourth-order valence-electron chi connectivity index (χ4n) is 1.83. The third-order valence-corrected chi connectivity index (χ3v) is 4.44. The third kappa shape index (κ3) is 2.38. The Bertz CT molecular complexity index is 500. The molecule has 0 aliphatic carbocycles. The van der Waals surface area contributed by atoms with Crippen molar-refractivity contribution in [3.05, 3.63) is 23.5 Å². The first-order valence-corrected chi connectivity index (χ1v) is 7.49. The van der Waals surface area contributed by atoms with Crippen LogP contribution in [-0.2, 0) is 16.0 Å². The van der Waals surface area contributed by atoms with Crippen LogP contribution < -0.4 is 0 Å². The SMILES string of the molecule is O=C(Cc1cn2ccsc2n1)C1CSCCO1. The molecule has 3 rings (SSSR count). The van der Waals surface area contributed by atoms with Crippen LogP contribution in [0.5, 0.6) is 0 Å². The van der Waals surface area contributed by atoms with Crippen LogP contribution in [0, 0.1) is 0 Å². The van der Waals surface area contributed by atoms with Gasteiger partial charge in [0.15, 0.2) is 10.7 Å². The number of hydrogen-bond acceptors (Lipinski definition) is 5. The number of thioether (sulfide) groups is 1. The van der Waals surface area contributed by atoms with Crippen LogP contribution in [0.25, 0.3) is 4.96 Å². The number of rotatable bonds is 3. The summed E-state index contributed by atoms with van der Waals surface area (Å²) in [5.74, 6) is 1.91. The number of carbonyl (C=O) groups is 1. The molecule has 1 aliphatic heterocycles.